The van der Waals surface area contributed by atoms with Gasteiger partial charge in [-0.25, -0.2) is 0 Å². The quantitative estimate of drug-likeness (QED) is 0.306. The highest BCUT2D eigenvalue weighted by atomic mass is 35.5. The molecule has 3 N–H and O–H groups in total. The lowest BCUT2D eigenvalue weighted by Crippen LogP contribution is -2.45. The van der Waals surface area contributed by atoms with E-state index in [4.69, 9.17) is 0 Å². The molecule has 1 saturated carbocycles. The van der Waals surface area contributed by atoms with Gasteiger partial charge in [-0.15, -0.1) is 12.4 Å². The van der Waals surface area contributed by atoms with Crippen molar-refractivity contribution < 1.29 is 9.90 Å². The molecular formula is C25H51ClN2O2. The maximum Gasteiger partial charge on any atom is 0.223 e. The van der Waals surface area contributed by atoms with Crippen molar-refractivity contribution in [3.63, 3.8) is 0 Å². The predicted molar refractivity (Wildman–Crippen MR) is 131 cm³/mol. The molecule has 0 radical (unpaired) electrons. The van der Waals surface area contributed by atoms with E-state index in [1.165, 1.54) is 38.5 Å². The number of hydrogen-bond acceptors (Lipinski definition) is 3. The van der Waals surface area contributed by atoms with Gasteiger partial charge >= 0.3 is 0 Å². The molecule has 0 spiro atoms. The van der Waals surface area contributed by atoms with Gasteiger partial charge < -0.3 is 15.7 Å². The van der Waals surface area contributed by atoms with Crippen molar-refractivity contribution in [2.45, 2.75) is 111 Å². The summed E-state index contributed by atoms with van der Waals surface area (Å²) in [6, 6.07) is 0.101. The number of carbonyl (C=O) groups excluding carboxylic acids is 1. The van der Waals surface area contributed by atoms with Crippen molar-refractivity contribution in [3.05, 3.63) is 0 Å². The van der Waals surface area contributed by atoms with Crippen molar-refractivity contribution in [2.24, 2.45) is 29.6 Å². The fourth-order valence-electron chi connectivity index (χ4n) is 4.50. The zero-order valence-corrected chi connectivity index (χ0v) is 21.4. The molecule has 0 heterocycles. The first-order valence-electron chi connectivity index (χ1n) is 12.4. The van der Waals surface area contributed by atoms with Crippen molar-refractivity contribution in [2.75, 3.05) is 13.1 Å². The summed E-state index contributed by atoms with van der Waals surface area (Å²) in [5.41, 5.74) is 0. The van der Waals surface area contributed by atoms with Gasteiger partial charge in [0.25, 0.3) is 0 Å². The minimum absolute atomic E-state index is 0. The summed E-state index contributed by atoms with van der Waals surface area (Å²) in [7, 11) is 0. The number of aliphatic hydroxyl groups is 1. The van der Waals surface area contributed by atoms with Crippen molar-refractivity contribution in [1.82, 2.24) is 10.6 Å². The standard InChI is InChI=1S/C25H50N2O2.ClH/c1-18(2)11-10-14-26-23(15-21-12-8-7-9-13-21)24(28)16-22(20(5)6)25(29)27-17-19(3)4;/h18-24,26,28H,7-17H2,1-6H3,(H,27,29);1H. The van der Waals surface area contributed by atoms with Crippen LogP contribution in [0.5, 0.6) is 0 Å². The van der Waals surface area contributed by atoms with Crippen LogP contribution >= 0.6 is 12.4 Å². The molecule has 180 valence electrons. The largest absolute Gasteiger partial charge is 0.391 e. The highest BCUT2D eigenvalue weighted by molar-refractivity contribution is 5.85. The molecule has 1 aliphatic carbocycles. The van der Waals surface area contributed by atoms with E-state index < -0.39 is 6.10 Å². The maximum absolute atomic E-state index is 12.7. The SMILES string of the molecule is CC(C)CCCNC(CC1CCCCC1)C(O)CC(C(=O)NCC(C)C)C(C)C.Cl. The highest BCUT2D eigenvalue weighted by Crippen LogP contribution is 2.29. The molecule has 0 saturated heterocycles. The second-order valence-electron chi connectivity index (χ2n) is 10.6. The second-order valence-corrected chi connectivity index (χ2v) is 10.6. The molecule has 1 amide bonds. The van der Waals surface area contributed by atoms with Gasteiger partial charge in [-0.1, -0.05) is 73.6 Å². The fourth-order valence-corrected chi connectivity index (χ4v) is 4.50. The Morgan fingerprint density at radius 3 is 2.17 bits per heavy atom. The van der Waals surface area contributed by atoms with Gasteiger partial charge in [0.2, 0.25) is 5.91 Å². The lowest BCUT2D eigenvalue weighted by molar-refractivity contribution is -0.127. The fraction of sp³-hybridized carbons (Fsp3) is 0.960. The van der Waals surface area contributed by atoms with E-state index in [0.717, 1.165) is 19.4 Å². The summed E-state index contributed by atoms with van der Waals surface area (Å²) in [5, 5.41) is 17.9. The number of hydrogen-bond donors (Lipinski definition) is 3. The Hall–Kier alpha value is -0.320. The molecule has 1 fully saturated rings. The van der Waals surface area contributed by atoms with Crippen molar-refractivity contribution in [3.8, 4) is 0 Å². The van der Waals surface area contributed by atoms with E-state index in [-0.39, 0.29) is 36.2 Å². The molecule has 1 rings (SSSR count). The molecule has 0 aromatic heterocycles. The summed E-state index contributed by atoms with van der Waals surface area (Å²) < 4.78 is 0. The molecule has 3 unspecified atom stereocenters. The Morgan fingerprint density at radius 2 is 1.63 bits per heavy atom. The molecular weight excluding hydrogens is 396 g/mol. The monoisotopic (exact) mass is 446 g/mol. The van der Waals surface area contributed by atoms with E-state index in [0.29, 0.717) is 30.7 Å². The zero-order valence-electron chi connectivity index (χ0n) is 20.6. The van der Waals surface area contributed by atoms with Gasteiger partial charge in [-0.2, -0.15) is 0 Å². The first-order chi connectivity index (χ1) is 13.7. The molecule has 30 heavy (non-hydrogen) atoms. The minimum atomic E-state index is -0.465. The van der Waals surface area contributed by atoms with E-state index in [2.05, 4.69) is 52.2 Å². The van der Waals surface area contributed by atoms with Crippen LogP contribution in [0.15, 0.2) is 0 Å². The first-order valence-corrected chi connectivity index (χ1v) is 12.4. The Labute approximate surface area is 193 Å². The average molecular weight is 447 g/mol. The van der Waals surface area contributed by atoms with Crippen LogP contribution in [0.1, 0.15) is 99.3 Å². The normalized spacial score (nSPS) is 18.3. The van der Waals surface area contributed by atoms with Gasteiger partial charge in [0, 0.05) is 18.5 Å². The Balaban J connectivity index is 0.00000841. The topological polar surface area (TPSA) is 61.4 Å². The van der Waals surface area contributed by atoms with Gasteiger partial charge in [-0.05, 0) is 55.9 Å². The van der Waals surface area contributed by atoms with Crippen LogP contribution in [-0.2, 0) is 4.79 Å². The zero-order chi connectivity index (χ0) is 21.8. The van der Waals surface area contributed by atoms with Gasteiger partial charge in [0.15, 0.2) is 0 Å². The Bertz CT molecular complexity index is 437. The third-order valence-corrected chi connectivity index (χ3v) is 6.46. The van der Waals surface area contributed by atoms with Crippen molar-refractivity contribution >= 4 is 18.3 Å². The molecule has 0 aromatic carbocycles. The summed E-state index contributed by atoms with van der Waals surface area (Å²) in [6.45, 7) is 14.6. The van der Waals surface area contributed by atoms with Gasteiger partial charge in [0.05, 0.1) is 6.10 Å². The van der Waals surface area contributed by atoms with Gasteiger partial charge in [0.1, 0.15) is 0 Å². The van der Waals surface area contributed by atoms with E-state index in [1.54, 1.807) is 0 Å². The summed E-state index contributed by atoms with van der Waals surface area (Å²) in [6.07, 6.45) is 10.1. The molecule has 3 atom stereocenters. The van der Waals surface area contributed by atoms with Gasteiger partial charge in [-0.3, -0.25) is 4.79 Å². The van der Waals surface area contributed by atoms with E-state index in [1.807, 2.05) is 0 Å². The number of carbonyl (C=O) groups is 1. The first kappa shape index (κ1) is 29.7. The third kappa shape index (κ3) is 12.5. The van der Waals surface area contributed by atoms with Crippen LogP contribution in [0, 0.1) is 29.6 Å². The smallest absolute Gasteiger partial charge is 0.223 e. The van der Waals surface area contributed by atoms with Crippen molar-refractivity contribution in [1.29, 1.82) is 0 Å². The van der Waals surface area contributed by atoms with Crippen LogP contribution in [0.25, 0.3) is 0 Å². The third-order valence-electron chi connectivity index (χ3n) is 6.46. The molecule has 1 aliphatic rings. The van der Waals surface area contributed by atoms with Crippen LogP contribution in [0.2, 0.25) is 0 Å². The average Bonchev–Trinajstić information content (AvgIpc) is 2.66. The minimum Gasteiger partial charge on any atom is -0.391 e. The van der Waals surface area contributed by atoms with Crippen LogP contribution in [0.4, 0.5) is 0 Å². The number of aliphatic hydroxyl groups excluding tert-OH is 1. The second kappa shape index (κ2) is 16.3. The maximum atomic E-state index is 12.7. The predicted octanol–water partition coefficient (Wildman–Crippen LogP) is 5.57. The molecule has 5 heteroatoms. The summed E-state index contributed by atoms with van der Waals surface area (Å²) in [4.78, 5) is 12.7. The molecule has 4 nitrogen and oxygen atoms in total. The van der Waals surface area contributed by atoms with Crippen LogP contribution < -0.4 is 10.6 Å². The number of nitrogens with one attached hydrogen (secondary N) is 2. The Morgan fingerprint density at radius 1 is 1.00 bits per heavy atom. The number of halogens is 1. The Kier molecular flexibility index (Phi) is 16.2. The molecule has 0 aliphatic heterocycles. The number of amides is 1. The van der Waals surface area contributed by atoms with E-state index >= 15 is 0 Å². The molecule has 0 aromatic rings. The summed E-state index contributed by atoms with van der Waals surface area (Å²) >= 11 is 0. The van der Waals surface area contributed by atoms with Crippen LogP contribution in [-0.4, -0.2) is 36.2 Å². The lowest BCUT2D eigenvalue weighted by Gasteiger charge is -2.32. The highest BCUT2D eigenvalue weighted by Gasteiger charge is 2.30. The summed E-state index contributed by atoms with van der Waals surface area (Å²) in [5.74, 6) is 2.08. The number of rotatable bonds is 14. The lowest BCUT2D eigenvalue weighted by atomic mass is 9.81. The van der Waals surface area contributed by atoms with E-state index in [9.17, 15) is 9.90 Å². The van der Waals surface area contributed by atoms with Crippen LogP contribution in [0.3, 0.4) is 0 Å². The molecule has 0 bridgehead atoms.